The first-order chi connectivity index (χ1) is 20.1. The number of halogens is 1. The number of amides is 2. The zero-order chi connectivity index (χ0) is 30.3. The van der Waals surface area contributed by atoms with E-state index in [9.17, 15) is 22.4 Å². The molecular formula is C32H38FN3O5S. The van der Waals surface area contributed by atoms with Gasteiger partial charge in [0.05, 0.1) is 17.2 Å². The number of carbonyl (C=O) groups excluding carboxylic acids is 2. The van der Waals surface area contributed by atoms with Gasteiger partial charge in [0.1, 0.15) is 24.2 Å². The number of rotatable bonds is 12. The fraction of sp³-hybridized carbons (Fsp3) is 0.375. The molecule has 42 heavy (non-hydrogen) atoms. The second-order valence-electron chi connectivity index (χ2n) is 10.6. The van der Waals surface area contributed by atoms with Crippen LogP contribution in [0, 0.1) is 12.7 Å². The zero-order valence-electron chi connectivity index (χ0n) is 24.3. The Hall–Kier alpha value is -3.92. The molecule has 1 aliphatic carbocycles. The summed E-state index contributed by atoms with van der Waals surface area (Å²) in [7, 11) is -4.26. The minimum Gasteiger partial charge on any atom is -0.494 e. The topological polar surface area (TPSA) is 96.0 Å². The minimum atomic E-state index is -4.26. The second-order valence-corrected chi connectivity index (χ2v) is 12.4. The number of anilines is 1. The molecule has 1 N–H and O–H groups in total. The van der Waals surface area contributed by atoms with E-state index in [1.54, 1.807) is 19.1 Å². The average Bonchev–Trinajstić information content (AvgIpc) is 3.49. The molecule has 10 heteroatoms. The van der Waals surface area contributed by atoms with Crippen LogP contribution >= 0.6 is 0 Å². The number of nitrogens with one attached hydrogen (secondary N) is 1. The highest BCUT2D eigenvalue weighted by molar-refractivity contribution is 7.92. The number of benzene rings is 3. The highest BCUT2D eigenvalue weighted by atomic mass is 32.2. The van der Waals surface area contributed by atoms with Gasteiger partial charge >= 0.3 is 0 Å². The molecule has 3 aromatic rings. The maximum atomic E-state index is 14.0. The first kappa shape index (κ1) is 31.0. The van der Waals surface area contributed by atoms with E-state index in [2.05, 4.69) is 5.32 Å². The van der Waals surface area contributed by atoms with Crippen LogP contribution in [-0.2, 0) is 26.2 Å². The number of sulfonamides is 1. The Labute approximate surface area is 247 Å². The summed E-state index contributed by atoms with van der Waals surface area (Å²) in [5.41, 5.74) is 1.97. The lowest BCUT2D eigenvalue weighted by molar-refractivity contribution is -0.139. The maximum absolute atomic E-state index is 14.0. The summed E-state index contributed by atoms with van der Waals surface area (Å²) in [6.45, 7) is 5.37. The van der Waals surface area contributed by atoms with Crippen LogP contribution in [0.3, 0.4) is 0 Å². The lowest BCUT2D eigenvalue weighted by atomic mass is 10.1. The van der Waals surface area contributed by atoms with E-state index >= 15 is 0 Å². The maximum Gasteiger partial charge on any atom is 0.264 e. The van der Waals surface area contributed by atoms with E-state index in [0.29, 0.717) is 12.4 Å². The van der Waals surface area contributed by atoms with Gasteiger partial charge < -0.3 is 15.0 Å². The van der Waals surface area contributed by atoms with Crippen LogP contribution in [0.5, 0.6) is 5.75 Å². The number of aryl methyl sites for hydroxylation is 1. The van der Waals surface area contributed by atoms with Crippen LogP contribution in [-0.4, -0.2) is 50.4 Å². The van der Waals surface area contributed by atoms with Crippen molar-refractivity contribution >= 4 is 27.5 Å². The van der Waals surface area contributed by atoms with Gasteiger partial charge in [0, 0.05) is 12.6 Å². The lowest BCUT2D eigenvalue weighted by Crippen LogP contribution is -2.52. The van der Waals surface area contributed by atoms with Gasteiger partial charge in [-0.25, -0.2) is 12.8 Å². The molecule has 224 valence electrons. The van der Waals surface area contributed by atoms with E-state index < -0.39 is 34.3 Å². The van der Waals surface area contributed by atoms with Gasteiger partial charge in [-0.15, -0.1) is 0 Å². The van der Waals surface area contributed by atoms with Crippen LogP contribution in [0.15, 0.2) is 77.7 Å². The third-order valence-corrected chi connectivity index (χ3v) is 9.25. The fourth-order valence-corrected chi connectivity index (χ4v) is 6.42. The molecule has 1 fully saturated rings. The largest absolute Gasteiger partial charge is 0.494 e. The molecule has 3 aromatic carbocycles. The molecule has 1 atom stereocenters. The van der Waals surface area contributed by atoms with Crippen molar-refractivity contribution in [2.24, 2.45) is 0 Å². The Morgan fingerprint density at radius 2 is 1.60 bits per heavy atom. The Balaban J connectivity index is 1.67. The van der Waals surface area contributed by atoms with Crippen molar-refractivity contribution < 1.29 is 27.1 Å². The highest BCUT2D eigenvalue weighted by Gasteiger charge is 2.33. The summed E-state index contributed by atoms with van der Waals surface area (Å²) in [4.78, 5) is 28.7. The molecule has 0 aromatic heterocycles. The fourth-order valence-electron chi connectivity index (χ4n) is 5.00. The normalized spacial score (nSPS) is 14.3. The molecule has 0 aliphatic heterocycles. The van der Waals surface area contributed by atoms with Crippen LogP contribution in [0.25, 0.3) is 0 Å². The van der Waals surface area contributed by atoms with E-state index in [4.69, 9.17) is 4.74 Å². The molecule has 0 bridgehead atoms. The SMILES string of the molecule is CCOc1ccc(S(=O)(=O)N(CC(=O)N(Cc2ccc(C)cc2)C(C)C(=O)NC2CCCC2)c2ccc(F)cc2)cc1. The molecular weight excluding hydrogens is 557 g/mol. The van der Waals surface area contributed by atoms with Gasteiger partial charge in [-0.3, -0.25) is 13.9 Å². The van der Waals surface area contributed by atoms with E-state index in [-0.39, 0.29) is 29.1 Å². The lowest BCUT2D eigenvalue weighted by Gasteiger charge is -2.32. The third kappa shape index (κ3) is 7.67. The van der Waals surface area contributed by atoms with Gasteiger partial charge in [-0.2, -0.15) is 0 Å². The van der Waals surface area contributed by atoms with Crippen LogP contribution < -0.4 is 14.4 Å². The van der Waals surface area contributed by atoms with Gasteiger partial charge in [-0.1, -0.05) is 42.7 Å². The third-order valence-electron chi connectivity index (χ3n) is 7.46. The Morgan fingerprint density at radius 1 is 0.976 bits per heavy atom. The zero-order valence-corrected chi connectivity index (χ0v) is 25.1. The number of hydrogen-bond acceptors (Lipinski definition) is 5. The van der Waals surface area contributed by atoms with Crippen LogP contribution in [0.4, 0.5) is 10.1 Å². The van der Waals surface area contributed by atoms with Gasteiger partial charge in [0.15, 0.2) is 0 Å². The van der Waals surface area contributed by atoms with E-state index in [1.807, 2.05) is 38.1 Å². The average molecular weight is 596 g/mol. The monoisotopic (exact) mass is 595 g/mol. The Morgan fingerprint density at radius 3 is 2.19 bits per heavy atom. The summed E-state index contributed by atoms with van der Waals surface area (Å²) in [6.07, 6.45) is 3.87. The number of ether oxygens (including phenoxy) is 1. The summed E-state index contributed by atoms with van der Waals surface area (Å²) >= 11 is 0. The summed E-state index contributed by atoms with van der Waals surface area (Å²) in [6, 6.07) is 17.6. The molecule has 1 aliphatic rings. The second kappa shape index (κ2) is 13.8. The molecule has 4 rings (SSSR count). The van der Waals surface area contributed by atoms with Gasteiger partial charge in [0.2, 0.25) is 11.8 Å². The molecule has 8 nitrogen and oxygen atoms in total. The predicted octanol–water partition coefficient (Wildman–Crippen LogP) is 5.20. The molecule has 0 radical (unpaired) electrons. The summed E-state index contributed by atoms with van der Waals surface area (Å²) in [5.74, 6) is -0.887. The molecule has 0 saturated heterocycles. The first-order valence-corrected chi connectivity index (χ1v) is 15.7. The van der Waals surface area contributed by atoms with E-state index in [0.717, 1.165) is 53.2 Å². The van der Waals surface area contributed by atoms with Crippen molar-refractivity contribution in [1.29, 1.82) is 0 Å². The molecule has 0 heterocycles. The number of nitrogens with zero attached hydrogens (tertiary/aromatic N) is 2. The quantitative estimate of drug-likeness (QED) is 0.310. The minimum absolute atomic E-state index is 0.0554. The van der Waals surface area contributed by atoms with Gasteiger partial charge in [0.25, 0.3) is 10.0 Å². The van der Waals surface area contributed by atoms with Crippen molar-refractivity contribution in [2.75, 3.05) is 17.5 Å². The smallest absolute Gasteiger partial charge is 0.264 e. The summed E-state index contributed by atoms with van der Waals surface area (Å²) in [5, 5.41) is 3.05. The first-order valence-electron chi connectivity index (χ1n) is 14.2. The Kier molecular flexibility index (Phi) is 10.2. The van der Waals surface area contributed by atoms with Crippen LogP contribution in [0.2, 0.25) is 0 Å². The van der Waals surface area contributed by atoms with Crippen molar-refractivity contribution in [3.63, 3.8) is 0 Å². The summed E-state index contributed by atoms with van der Waals surface area (Å²) < 4.78 is 48.0. The predicted molar refractivity (Wildman–Crippen MR) is 160 cm³/mol. The highest BCUT2D eigenvalue weighted by Crippen LogP contribution is 2.26. The van der Waals surface area contributed by atoms with E-state index in [1.165, 1.54) is 29.2 Å². The molecule has 1 unspecified atom stereocenters. The number of carbonyl (C=O) groups is 2. The molecule has 2 amide bonds. The standard InChI is InChI=1S/C32H38FN3O5S/c1-4-41-29-17-19-30(20-18-29)42(39,40)36(28-15-13-26(33)14-16-28)22-31(37)35(21-25-11-9-23(2)10-12-25)24(3)32(38)34-27-7-5-6-8-27/h9-20,24,27H,4-8,21-22H2,1-3H3,(H,34,38). The Bertz CT molecular complexity index is 1460. The molecule has 0 spiro atoms. The van der Waals surface area contributed by atoms with Crippen LogP contribution in [0.1, 0.15) is 50.7 Å². The van der Waals surface area contributed by atoms with Crippen molar-refractivity contribution in [3.8, 4) is 5.75 Å². The number of hydrogen-bond donors (Lipinski definition) is 1. The van der Waals surface area contributed by atoms with Crippen molar-refractivity contribution in [1.82, 2.24) is 10.2 Å². The van der Waals surface area contributed by atoms with Gasteiger partial charge in [-0.05, 0) is 87.7 Å². The van der Waals surface area contributed by atoms with Crippen molar-refractivity contribution in [2.45, 2.75) is 70.0 Å². The molecule has 1 saturated carbocycles. The van der Waals surface area contributed by atoms with Crippen molar-refractivity contribution in [3.05, 3.63) is 89.7 Å².